The molecular weight excluding hydrogens is 331 g/mol. The first kappa shape index (κ1) is 15.7. The number of aromatic nitrogens is 5. The van der Waals surface area contributed by atoms with Gasteiger partial charge in [-0.3, -0.25) is 0 Å². The minimum Gasteiger partial charge on any atom is -0.330 e. The predicted molar refractivity (Wildman–Crippen MR) is 76.6 cm³/mol. The van der Waals surface area contributed by atoms with Crippen LogP contribution in [0.5, 0.6) is 0 Å². The van der Waals surface area contributed by atoms with Crippen LogP contribution in [0.2, 0.25) is 0 Å². The average molecular weight is 343 g/mol. The zero-order valence-corrected chi connectivity index (χ0v) is 13.2. The quantitative estimate of drug-likeness (QED) is 0.707. The van der Waals surface area contributed by atoms with Crippen LogP contribution in [0.1, 0.15) is 26.3 Å². The van der Waals surface area contributed by atoms with Gasteiger partial charge in [0, 0.05) is 16.3 Å². The van der Waals surface area contributed by atoms with E-state index >= 15 is 0 Å². The molecule has 0 saturated carbocycles. The number of hydrogen-bond acceptors (Lipinski definition) is 6. The van der Waals surface area contributed by atoms with Gasteiger partial charge in [0.2, 0.25) is 11.6 Å². The lowest BCUT2D eigenvalue weighted by molar-refractivity contribution is -0.136. The van der Waals surface area contributed by atoms with E-state index < -0.39 is 11.7 Å². The maximum atomic E-state index is 12.9. The molecule has 10 heteroatoms. The molecule has 0 radical (unpaired) electrons. The number of halogens is 3. The fraction of sp³-hybridized carbons (Fsp3) is 0.385. The second-order valence-electron chi connectivity index (χ2n) is 5.80. The highest BCUT2D eigenvalue weighted by atomic mass is 32.1. The fourth-order valence-electron chi connectivity index (χ4n) is 1.80. The number of hydrogen-bond donors (Lipinski definition) is 0. The first-order valence-corrected chi connectivity index (χ1v) is 7.50. The van der Waals surface area contributed by atoms with Gasteiger partial charge in [-0.15, -0.1) is 5.10 Å². The topological polar surface area (TPSA) is 69.6 Å². The maximum absolute atomic E-state index is 12.9. The molecule has 3 aromatic rings. The standard InChI is InChI=1S/C13H12F3N5OS/c1-12(2,3)21-6-17-10(19-21)11-18-9(20-22-11)7-4-23-5-8(7)13(14,15)16/h4-6H,1-3H3. The number of rotatable bonds is 2. The van der Waals surface area contributed by atoms with E-state index in [9.17, 15) is 13.2 Å². The molecule has 0 bridgehead atoms. The third kappa shape index (κ3) is 2.98. The molecule has 122 valence electrons. The Morgan fingerprint density at radius 3 is 2.48 bits per heavy atom. The van der Waals surface area contributed by atoms with E-state index in [-0.39, 0.29) is 28.6 Å². The van der Waals surface area contributed by atoms with Gasteiger partial charge in [0.15, 0.2) is 0 Å². The summed E-state index contributed by atoms with van der Waals surface area (Å²) in [6, 6.07) is 0. The molecule has 23 heavy (non-hydrogen) atoms. The van der Waals surface area contributed by atoms with Gasteiger partial charge in [-0.05, 0) is 20.8 Å². The molecule has 0 atom stereocenters. The van der Waals surface area contributed by atoms with Crippen LogP contribution in [-0.4, -0.2) is 24.9 Å². The highest BCUT2D eigenvalue weighted by Crippen LogP contribution is 2.38. The van der Waals surface area contributed by atoms with Crippen LogP contribution in [0.15, 0.2) is 21.6 Å². The third-order valence-corrected chi connectivity index (χ3v) is 3.75. The molecule has 6 nitrogen and oxygen atoms in total. The summed E-state index contributed by atoms with van der Waals surface area (Å²) in [6.07, 6.45) is -2.97. The van der Waals surface area contributed by atoms with Gasteiger partial charge >= 0.3 is 6.18 Å². The van der Waals surface area contributed by atoms with E-state index in [2.05, 4.69) is 20.2 Å². The van der Waals surface area contributed by atoms with Crippen LogP contribution < -0.4 is 0 Å². The van der Waals surface area contributed by atoms with Crippen LogP contribution in [0, 0.1) is 0 Å². The number of thiophene rings is 1. The van der Waals surface area contributed by atoms with Crippen molar-refractivity contribution in [3.8, 4) is 23.1 Å². The van der Waals surface area contributed by atoms with Crippen molar-refractivity contribution < 1.29 is 17.7 Å². The van der Waals surface area contributed by atoms with Crippen LogP contribution >= 0.6 is 11.3 Å². The molecule has 3 aromatic heterocycles. The summed E-state index contributed by atoms with van der Waals surface area (Å²) in [7, 11) is 0. The monoisotopic (exact) mass is 343 g/mol. The Bertz CT molecular complexity index is 827. The molecule has 0 unspecified atom stereocenters. The molecule has 0 saturated heterocycles. The molecule has 0 N–H and O–H groups in total. The van der Waals surface area contributed by atoms with Crippen molar-refractivity contribution in [3.05, 3.63) is 22.7 Å². The summed E-state index contributed by atoms with van der Waals surface area (Å²) in [5.41, 5.74) is -1.19. The lowest BCUT2D eigenvalue weighted by Gasteiger charge is -2.17. The van der Waals surface area contributed by atoms with Crippen molar-refractivity contribution >= 4 is 11.3 Å². The minimum absolute atomic E-state index is 0.0256. The Balaban J connectivity index is 1.96. The zero-order valence-electron chi connectivity index (χ0n) is 12.4. The van der Waals surface area contributed by atoms with Gasteiger partial charge in [-0.2, -0.15) is 29.5 Å². The van der Waals surface area contributed by atoms with Gasteiger partial charge in [0.1, 0.15) is 6.33 Å². The Hall–Kier alpha value is -2.23. The molecular formula is C13H12F3N5OS. The molecule has 0 aliphatic rings. The lowest BCUT2D eigenvalue weighted by atomic mass is 10.1. The molecule has 3 heterocycles. The van der Waals surface area contributed by atoms with Crippen LogP contribution in [0.25, 0.3) is 23.1 Å². The van der Waals surface area contributed by atoms with Crippen molar-refractivity contribution in [1.82, 2.24) is 24.9 Å². The van der Waals surface area contributed by atoms with Crippen molar-refractivity contribution in [3.63, 3.8) is 0 Å². The molecule has 0 aliphatic heterocycles. The van der Waals surface area contributed by atoms with Gasteiger partial charge in [-0.25, -0.2) is 9.67 Å². The summed E-state index contributed by atoms with van der Waals surface area (Å²) in [6.45, 7) is 5.81. The number of nitrogens with zero attached hydrogens (tertiary/aromatic N) is 5. The van der Waals surface area contributed by atoms with Gasteiger partial charge in [-0.1, -0.05) is 5.16 Å². The molecule has 0 spiro atoms. The summed E-state index contributed by atoms with van der Waals surface area (Å²) >= 11 is 0.923. The largest absolute Gasteiger partial charge is 0.417 e. The number of alkyl halides is 3. The smallest absolute Gasteiger partial charge is 0.330 e. The predicted octanol–water partition coefficient (Wildman–Crippen LogP) is 3.83. The van der Waals surface area contributed by atoms with Gasteiger partial charge in [0.25, 0.3) is 5.89 Å². The average Bonchev–Trinajstić information content (AvgIpc) is 3.16. The maximum Gasteiger partial charge on any atom is 0.417 e. The van der Waals surface area contributed by atoms with Crippen LogP contribution in [-0.2, 0) is 11.7 Å². The summed E-state index contributed by atoms with van der Waals surface area (Å²) in [5.74, 6) is 0.00507. The van der Waals surface area contributed by atoms with E-state index in [1.165, 1.54) is 11.7 Å². The van der Waals surface area contributed by atoms with E-state index in [1.54, 1.807) is 4.68 Å². The van der Waals surface area contributed by atoms with Crippen molar-refractivity contribution in [1.29, 1.82) is 0 Å². The van der Waals surface area contributed by atoms with E-state index in [0.717, 1.165) is 16.7 Å². The minimum atomic E-state index is -4.47. The van der Waals surface area contributed by atoms with Crippen molar-refractivity contribution in [2.24, 2.45) is 0 Å². The highest BCUT2D eigenvalue weighted by Gasteiger charge is 2.35. The van der Waals surface area contributed by atoms with E-state index in [1.807, 2.05) is 20.8 Å². The third-order valence-electron chi connectivity index (χ3n) is 3.00. The summed E-state index contributed by atoms with van der Waals surface area (Å²) in [5, 5.41) is 10.2. The highest BCUT2D eigenvalue weighted by molar-refractivity contribution is 7.08. The first-order valence-electron chi connectivity index (χ1n) is 6.56. The van der Waals surface area contributed by atoms with E-state index in [0.29, 0.717) is 0 Å². The van der Waals surface area contributed by atoms with Crippen LogP contribution in [0.4, 0.5) is 13.2 Å². The Labute approximate surface area is 133 Å². The SMILES string of the molecule is CC(C)(C)n1cnc(-c2nc(-c3cscc3C(F)(F)F)no2)n1. The van der Waals surface area contributed by atoms with E-state index in [4.69, 9.17) is 4.52 Å². The van der Waals surface area contributed by atoms with Crippen molar-refractivity contribution in [2.45, 2.75) is 32.5 Å². The lowest BCUT2D eigenvalue weighted by Crippen LogP contribution is -2.22. The Kier molecular flexibility index (Phi) is 3.51. The molecule has 0 amide bonds. The molecule has 0 aromatic carbocycles. The van der Waals surface area contributed by atoms with Crippen molar-refractivity contribution in [2.75, 3.05) is 0 Å². The molecule has 3 rings (SSSR count). The normalized spacial score (nSPS) is 12.8. The molecule has 0 fully saturated rings. The fourth-order valence-corrected chi connectivity index (χ4v) is 2.63. The van der Waals surface area contributed by atoms with Gasteiger partial charge < -0.3 is 4.52 Å². The second kappa shape index (κ2) is 5.15. The molecule has 0 aliphatic carbocycles. The second-order valence-corrected chi connectivity index (χ2v) is 6.55. The zero-order chi connectivity index (χ0) is 16.8. The Morgan fingerprint density at radius 1 is 1.13 bits per heavy atom. The Morgan fingerprint density at radius 2 is 1.87 bits per heavy atom. The van der Waals surface area contributed by atoms with Gasteiger partial charge in [0.05, 0.1) is 11.1 Å². The van der Waals surface area contributed by atoms with Crippen LogP contribution in [0.3, 0.4) is 0 Å². The summed E-state index contributed by atoms with van der Waals surface area (Å²) < 4.78 is 45.4. The first-order chi connectivity index (χ1) is 10.7. The summed E-state index contributed by atoms with van der Waals surface area (Å²) in [4.78, 5) is 8.04.